The monoisotopic (exact) mass is 762 g/mol. The minimum atomic E-state index is 0.715. The average Bonchev–Trinajstić information content (AvgIpc) is 3.82. The van der Waals surface area contributed by atoms with Crippen molar-refractivity contribution < 1.29 is 0 Å². The minimum Gasteiger partial charge on any atom is -0.309 e. The molecular weight excluding hydrogens is 729 g/mol. The summed E-state index contributed by atoms with van der Waals surface area (Å²) in [5, 5.41) is 13.2. The molecule has 13 aromatic rings. The van der Waals surface area contributed by atoms with Gasteiger partial charge in [-0.25, -0.2) is 9.97 Å². The van der Waals surface area contributed by atoms with Crippen molar-refractivity contribution >= 4 is 86.8 Å². The van der Waals surface area contributed by atoms with Gasteiger partial charge < -0.3 is 9.13 Å². The zero-order valence-electron chi connectivity index (χ0n) is 32.4. The van der Waals surface area contributed by atoms with Crippen LogP contribution in [0.15, 0.2) is 206 Å². The van der Waals surface area contributed by atoms with Crippen molar-refractivity contribution in [1.29, 1.82) is 0 Å². The molecule has 0 N–H and O–H groups in total. The maximum atomic E-state index is 5.27. The van der Waals surface area contributed by atoms with Crippen LogP contribution in [0, 0.1) is 0 Å². The molecular formula is C56H34N4. The predicted octanol–water partition coefficient (Wildman–Crippen LogP) is 14.6. The van der Waals surface area contributed by atoms with E-state index in [1.54, 1.807) is 0 Å². The topological polar surface area (TPSA) is 35.6 Å². The van der Waals surface area contributed by atoms with Gasteiger partial charge in [-0.05, 0) is 81.5 Å². The molecule has 0 saturated heterocycles. The third kappa shape index (κ3) is 4.73. The normalized spacial score (nSPS) is 12.0. The molecule has 3 heterocycles. The summed E-state index contributed by atoms with van der Waals surface area (Å²) in [6.07, 6.45) is 0. The van der Waals surface area contributed by atoms with E-state index in [0.717, 1.165) is 39.1 Å². The molecule has 0 saturated carbocycles. The van der Waals surface area contributed by atoms with E-state index in [2.05, 4.69) is 209 Å². The second-order valence-corrected chi connectivity index (χ2v) is 15.7. The molecule has 60 heavy (non-hydrogen) atoms. The summed E-state index contributed by atoms with van der Waals surface area (Å²) in [6.45, 7) is 0. The van der Waals surface area contributed by atoms with E-state index in [1.807, 2.05) is 6.07 Å². The van der Waals surface area contributed by atoms with Gasteiger partial charge in [-0.2, -0.15) is 0 Å². The van der Waals surface area contributed by atoms with Gasteiger partial charge in [0.15, 0.2) is 5.82 Å². The van der Waals surface area contributed by atoms with Crippen LogP contribution in [0.1, 0.15) is 0 Å². The molecule has 3 aromatic heterocycles. The zero-order valence-corrected chi connectivity index (χ0v) is 32.4. The van der Waals surface area contributed by atoms with Crippen LogP contribution in [0.3, 0.4) is 0 Å². The Balaban J connectivity index is 1.12. The summed E-state index contributed by atoms with van der Waals surface area (Å²) in [6, 6.07) is 74.4. The highest BCUT2D eigenvalue weighted by atomic mass is 15.0. The molecule has 0 aliphatic heterocycles. The molecule has 0 aliphatic carbocycles. The Morgan fingerprint density at radius 3 is 1.62 bits per heavy atom. The molecule has 0 radical (unpaired) electrons. The number of hydrogen-bond donors (Lipinski definition) is 0. The maximum Gasteiger partial charge on any atom is 0.160 e. The van der Waals surface area contributed by atoms with Gasteiger partial charge in [0.05, 0.1) is 39.0 Å². The molecule has 4 nitrogen and oxygen atoms in total. The highest BCUT2D eigenvalue weighted by Crippen LogP contribution is 2.44. The Morgan fingerprint density at radius 1 is 0.300 bits per heavy atom. The second kappa shape index (κ2) is 12.7. The standard InChI is InChI=1S/C56H34N4/c1-3-16-35(17-4-1)55-44-24-9-12-26-48(44)57-56(58-55)36-30-31-43-45(32-36)39-21-8-7-20-38(39)42-25-15-29-51(54(42)43)60-50-28-14-11-23-41(50)47-33-46-40-22-10-13-27-49(40)59(52(46)34-53(47)60)37-18-5-2-6-19-37/h1-34H. The molecule has 0 bridgehead atoms. The lowest BCUT2D eigenvalue weighted by atomic mass is 9.92. The molecule has 0 fully saturated rings. The largest absolute Gasteiger partial charge is 0.309 e. The quantitative estimate of drug-likeness (QED) is 0.167. The van der Waals surface area contributed by atoms with Crippen LogP contribution in [0.4, 0.5) is 0 Å². The zero-order chi connectivity index (χ0) is 39.3. The smallest absolute Gasteiger partial charge is 0.160 e. The van der Waals surface area contributed by atoms with Gasteiger partial charge in [-0.15, -0.1) is 0 Å². The highest BCUT2D eigenvalue weighted by molar-refractivity contribution is 6.29. The van der Waals surface area contributed by atoms with E-state index >= 15 is 0 Å². The average molecular weight is 763 g/mol. The number of aromatic nitrogens is 4. The van der Waals surface area contributed by atoms with Gasteiger partial charge in [0, 0.05) is 49.1 Å². The Morgan fingerprint density at radius 2 is 0.867 bits per heavy atom. The van der Waals surface area contributed by atoms with E-state index in [1.165, 1.54) is 75.9 Å². The number of para-hydroxylation sites is 4. The van der Waals surface area contributed by atoms with Gasteiger partial charge in [0.2, 0.25) is 0 Å². The Kier molecular flexibility index (Phi) is 6.98. The summed E-state index contributed by atoms with van der Waals surface area (Å²) in [5.74, 6) is 0.715. The van der Waals surface area contributed by atoms with Crippen LogP contribution in [-0.4, -0.2) is 19.1 Å². The lowest BCUT2D eigenvalue weighted by molar-refractivity contribution is 1.17. The van der Waals surface area contributed by atoms with Gasteiger partial charge in [-0.1, -0.05) is 152 Å². The summed E-state index contributed by atoms with van der Waals surface area (Å²) >= 11 is 0. The Bertz CT molecular complexity index is 3880. The van der Waals surface area contributed by atoms with Gasteiger partial charge in [0.25, 0.3) is 0 Å². The van der Waals surface area contributed by atoms with Crippen LogP contribution in [0.5, 0.6) is 0 Å². The number of nitrogens with zero attached hydrogens (tertiary/aromatic N) is 4. The summed E-state index contributed by atoms with van der Waals surface area (Å²) in [7, 11) is 0. The van der Waals surface area contributed by atoms with Crippen molar-refractivity contribution in [1.82, 2.24) is 19.1 Å². The van der Waals surface area contributed by atoms with Crippen molar-refractivity contribution in [3.8, 4) is 34.0 Å². The SMILES string of the molecule is c1ccc(-c2nc(-c3ccc4c(c3)c3ccccc3c3cccc(-n5c6ccccc6c6cc7c8ccccc8n(-c8ccccc8)c7cc65)c34)nc3ccccc23)cc1. The first-order valence-corrected chi connectivity index (χ1v) is 20.5. The van der Waals surface area contributed by atoms with Crippen molar-refractivity contribution in [2.75, 3.05) is 0 Å². The summed E-state index contributed by atoms with van der Waals surface area (Å²) in [4.78, 5) is 10.4. The molecule has 4 heteroatoms. The summed E-state index contributed by atoms with van der Waals surface area (Å²) in [5.41, 5.74) is 11.0. The first-order valence-electron chi connectivity index (χ1n) is 20.5. The van der Waals surface area contributed by atoms with Gasteiger partial charge >= 0.3 is 0 Å². The minimum absolute atomic E-state index is 0.715. The van der Waals surface area contributed by atoms with Crippen molar-refractivity contribution in [2.45, 2.75) is 0 Å². The molecule has 0 spiro atoms. The number of hydrogen-bond acceptors (Lipinski definition) is 2. The van der Waals surface area contributed by atoms with Gasteiger partial charge in [0.1, 0.15) is 0 Å². The molecule has 0 atom stereocenters. The molecule has 13 rings (SSSR count). The van der Waals surface area contributed by atoms with Crippen LogP contribution < -0.4 is 0 Å². The van der Waals surface area contributed by atoms with Crippen molar-refractivity contribution in [2.24, 2.45) is 0 Å². The number of fused-ring (bicyclic) bond motifs is 13. The second-order valence-electron chi connectivity index (χ2n) is 15.7. The first-order chi connectivity index (χ1) is 29.8. The van der Waals surface area contributed by atoms with Crippen molar-refractivity contribution in [3.63, 3.8) is 0 Å². The predicted molar refractivity (Wildman–Crippen MR) is 252 cm³/mol. The van der Waals surface area contributed by atoms with E-state index < -0.39 is 0 Å². The van der Waals surface area contributed by atoms with Crippen LogP contribution in [-0.2, 0) is 0 Å². The van der Waals surface area contributed by atoms with Crippen LogP contribution in [0.25, 0.3) is 121 Å². The lowest BCUT2D eigenvalue weighted by Gasteiger charge is -2.17. The first kappa shape index (κ1) is 32.9. The fourth-order valence-corrected chi connectivity index (χ4v) is 9.88. The van der Waals surface area contributed by atoms with E-state index in [0.29, 0.717) is 5.82 Å². The molecule has 0 aliphatic rings. The fraction of sp³-hybridized carbons (Fsp3) is 0. The van der Waals surface area contributed by atoms with E-state index in [4.69, 9.17) is 9.97 Å². The fourth-order valence-electron chi connectivity index (χ4n) is 9.88. The van der Waals surface area contributed by atoms with E-state index in [9.17, 15) is 0 Å². The maximum absolute atomic E-state index is 5.27. The van der Waals surface area contributed by atoms with Crippen LogP contribution >= 0.6 is 0 Å². The molecule has 0 amide bonds. The lowest BCUT2D eigenvalue weighted by Crippen LogP contribution is -1.98. The van der Waals surface area contributed by atoms with Crippen LogP contribution in [0.2, 0.25) is 0 Å². The summed E-state index contributed by atoms with van der Waals surface area (Å²) < 4.78 is 4.91. The van der Waals surface area contributed by atoms with E-state index in [-0.39, 0.29) is 0 Å². The highest BCUT2D eigenvalue weighted by Gasteiger charge is 2.21. The Hall–Kier alpha value is -8.08. The third-order valence-electron chi connectivity index (χ3n) is 12.5. The molecule has 10 aromatic carbocycles. The van der Waals surface area contributed by atoms with Crippen molar-refractivity contribution in [3.05, 3.63) is 206 Å². The number of benzene rings is 10. The molecule has 0 unspecified atom stereocenters. The molecule has 278 valence electrons. The number of rotatable bonds is 4. The third-order valence-corrected chi connectivity index (χ3v) is 12.5. The van der Waals surface area contributed by atoms with Gasteiger partial charge in [-0.3, -0.25) is 0 Å². The Labute approximate surface area is 344 Å².